The molecule has 1 aromatic heterocycles. The number of aromatic nitrogens is 2. The Bertz CT molecular complexity index is 547. The van der Waals surface area contributed by atoms with Gasteiger partial charge in [-0.15, -0.1) is 0 Å². The van der Waals surface area contributed by atoms with E-state index in [4.69, 9.17) is 10.5 Å². The third-order valence-corrected chi connectivity index (χ3v) is 3.00. The molecule has 3 rings (SSSR count). The summed E-state index contributed by atoms with van der Waals surface area (Å²) in [5, 5.41) is 4.39. The zero-order chi connectivity index (χ0) is 11.8. The molecule has 1 atom stereocenters. The summed E-state index contributed by atoms with van der Waals surface area (Å²) in [6.45, 7) is 0.607. The lowest BCUT2D eigenvalue weighted by Crippen LogP contribution is -2.33. The molecular weight excluding hydrogens is 214 g/mol. The maximum atomic E-state index is 5.90. The predicted octanol–water partition coefficient (Wildman–Crippen LogP) is 1.35. The molecule has 88 valence electrons. The molecule has 1 unspecified atom stereocenters. The van der Waals surface area contributed by atoms with Crippen LogP contribution in [0.4, 0.5) is 0 Å². The third-order valence-electron chi connectivity index (χ3n) is 3.00. The van der Waals surface area contributed by atoms with E-state index in [2.05, 4.69) is 11.2 Å². The molecular formula is C13H15N3O. The second-order valence-corrected chi connectivity index (χ2v) is 4.47. The molecule has 0 radical (unpaired) electrons. The SMILES string of the molecule is Cn1ccc(-c2ccc3c(c2)CC(N)CO3)n1. The first-order valence-electron chi connectivity index (χ1n) is 5.74. The number of ether oxygens (including phenoxy) is 1. The number of hydrogen-bond donors (Lipinski definition) is 1. The Labute approximate surface area is 100 Å². The van der Waals surface area contributed by atoms with Crippen molar-refractivity contribution < 1.29 is 4.74 Å². The molecule has 1 aliphatic heterocycles. The van der Waals surface area contributed by atoms with Crippen molar-refractivity contribution >= 4 is 0 Å². The lowest BCUT2D eigenvalue weighted by molar-refractivity contribution is 0.263. The van der Waals surface area contributed by atoms with Crippen LogP contribution in [0.25, 0.3) is 11.3 Å². The van der Waals surface area contributed by atoms with Gasteiger partial charge in [-0.05, 0) is 36.2 Å². The van der Waals surface area contributed by atoms with Crippen LogP contribution in [0.3, 0.4) is 0 Å². The Morgan fingerprint density at radius 3 is 3.06 bits per heavy atom. The van der Waals surface area contributed by atoms with Gasteiger partial charge in [-0.1, -0.05) is 0 Å². The van der Waals surface area contributed by atoms with E-state index in [-0.39, 0.29) is 6.04 Å². The number of fused-ring (bicyclic) bond motifs is 1. The molecule has 0 bridgehead atoms. The highest BCUT2D eigenvalue weighted by molar-refractivity contribution is 5.62. The minimum absolute atomic E-state index is 0.0986. The van der Waals surface area contributed by atoms with Gasteiger partial charge in [-0.25, -0.2) is 0 Å². The first-order valence-corrected chi connectivity index (χ1v) is 5.74. The van der Waals surface area contributed by atoms with Crippen LogP contribution < -0.4 is 10.5 Å². The van der Waals surface area contributed by atoms with Crippen molar-refractivity contribution in [2.45, 2.75) is 12.5 Å². The molecule has 0 amide bonds. The Kier molecular flexibility index (Phi) is 2.37. The van der Waals surface area contributed by atoms with Gasteiger partial charge >= 0.3 is 0 Å². The van der Waals surface area contributed by atoms with E-state index in [1.54, 1.807) is 4.68 Å². The van der Waals surface area contributed by atoms with Gasteiger partial charge in [0.05, 0.1) is 5.69 Å². The van der Waals surface area contributed by atoms with E-state index >= 15 is 0 Å². The Hall–Kier alpha value is -1.81. The largest absolute Gasteiger partial charge is 0.492 e. The number of benzene rings is 1. The summed E-state index contributed by atoms with van der Waals surface area (Å²) in [5.74, 6) is 0.950. The molecule has 1 aliphatic rings. The number of nitrogens with zero attached hydrogens (tertiary/aromatic N) is 2. The van der Waals surface area contributed by atoms with Crippen molar-refractivity contribution in [2.24, 2.45) is 12.8 Å². The van der Waals surface area contributed by atoms with E-state index in [0.29, 0.717) is 6.61 Å². The predicted molar refractivity (Wildman–Crippen MR) is 65.8 cm³/mol. The molecule has 4 nitrogen and oxygen atoms in total. The molecule has 1 aromatic carbocycles. The summed E-state index contributed by atoms with van der Waals surface area (Å²) in [7, 11) is 1.92. The van der Waals surface area contributed by atoms with E-state index in [1.165, 1.54) is 5.56 Å². The molecule has 2 heterocycles. The minimum atomic E-state index is 0.0986. The van der Waals surface area contributed by atoms with Gasteiger partial charge in [0, 0.05) is 24.8 Å². The number of nitrogens with two attached hydrogens (primary N) is 1. The van der Waals surface area contributed by atoms with Gasteiger partial charge < -0.3 is 10.5 Å². The fourth-order valence-corrected chi connectivity index (χ4v) is 2.15. The fraction of sp³-hybridized carbons (Fsp3) is 0.308. The van der Waals surface area contributed by atoms with Crippen molar-refractivity contribution in [3.8, 4) is 17.0 Å². The minimum Gasteiger partial charge on any atom is -0.492 e. The maximum absolute atomic E-state index is 5.90. The maximum Gasteiger partial charge on any atom is 0.122 e. The number of hydrogen-bond acceptors (Lipinski definition) is 3. The van der Waals surface area contributed by atoms with Crippen molar-refractivity contribution in [1.29, 1.82) is 0 Å². The van der Waals surface area contributed by atoms with Gasteiger partial charge in [0.25, 0.3) is 0 Å². The van der Waals surface area contributed by atoms with Gasteiger partial charge in [-0.3, -0.25) is 4.68 Å². The molecule has 0 spiro atoms. The summed E-state index contributed by atoms with van der Waals surface area (Å²) in [6, 6.07) is 8.27. The molecule has 2 aromatic rings. The van der Waals surface area contributed by atoms with Crippen LogP contribution in [0.15, 0.2) is 30.5 Å². The first-order chi connectivity index (χ1) is 8.22. The van der Waals surface area contributed by atoms with Crippen molar-refractivity contribution in [3.05, 3.63) is 36.0 Å². The normalized spacial score (nSPS) is 18.6. The van der Waals surface area contributed by atoms with Crippen LogP contribution in [-0.4, -0.2) is 22.4 Å². The smallest absolute Gasteiger partial charge is 0.122 e. The Balaban J connectivity index is 2.00. The van der Waals surface area contributed by atoms with Crippen LogP contribution in [0.1, 0.15) is 5.56 Å². The highest BCUT2D eigenvalue weighted by atomic mass is 16.5. The van der Waals surface area contributed by atoms with Crippen LogP contribution in [0.2, 0.25) is 0 Å². The van der Waals surface area contributed by atoms with Crippen LogP contribution >= 0.6 is 0 Å². The number of rotatable bonds is 1. The second-order valence-electron chi connectivity index (χ2n) is 4.47. The summed E-state index contributed by atoms with van der Waals surface area (Å²) < 4.78 is 7.38. The molecule has 0 fully saturated rings. The lowest BCUT2D eigenvalue weighted by Gasteiger charge is -2.22. The monoisotopic (exact) mass is 229 g/mol. The zero-order valence-corrected chi connectivity index (χ0v) is 9.76. The standard InChI is InChI=1S/C13H15N3O/c1-16-5-4-12(15-16)9-2-3-13-10(6-9)7-11(14)8-17-13/h2-6,11H,7-8,14H2,1H3. The lowest BCUT2D eigenvalue weighted by atomic mass is 10.00. The first kappa shape index (κ1) is 10.4. The molecule has 2 N–H and O–H groups in total. The second kappa shape index (κ2) is 3.89. The van der Waals surface area contributed by atoms with Gasteiger partial charge in [0.15, 0.2) is 0 Å². The molecule has 0 aliphatic carbocycles. The van der Waals surface area contributed by atoms with Gasteiger partial charge in [-0.2, -0.15) is 5.10 Å². The zero-order valence-electron chi connectivity index (χ0n) is 9.76. The number of aryl methyl sites for hydroxylation is 1. The van der Waals surface area contributed by atoms with Crippen molar-refractivity contribution in [3.63, 3.8) is 0 Å². The summed E-state index contributed by atoms with van der Waals surface area (Å²) >= 11 is 0. The molecule has 0 saturated heterocycles. The molecule has 17 heavy (non-hydrogen) atoms. The average molecular weight is 229 g/mol. The highest BCUT2D eigenvalue weighted by Gasteiger charge is 2.17. The van der Waals surface area contributed by atoms with Crippen LogP contribution in [-0.2, 0) is 13.5 Å². The summed E-state index contributed by atoms with van der Waals surface area (Å²) in [4.78, 5) is 0. The van der Waals surface area contributed by atoms with E-state index < -0.39 is 0 Å². The third kappa shape index (κ3) is 1.91. The van der Waals surface area contributed by atoms with Crippen molar-refractivity contribution in [1.82, 2.24) is 9.78 Å². The quantitative estimate of drug-likeness (QED) is 0.803. The molecule has 0 saturated carbocycles. The topological polar surface area (TPSA) is 53.1 Å². The van der Waals surface area contributed by atoms with Crippen LogP contribution in [0, 0.1) is 0 Å². The molecule has 4 heteroatoms. The van der Waals surface area contributed by atoms with E-state index in [1.807, 2.05) is 31.4 Å². The Morgan fingerprint density at radius 2 is 2.29 bits per heavy atom. The van der Waals surface area contributed by atoms with Gasteiger partial charge in [0.1, 0.15) is 12.4 Å². The van der Waals surface area contributed by atoms with Gasteiger partial charge in [0.2, 0.25) is 0 Å². The van der Waals surface area contributed by atoms with Crippen molar-refractivity contribution in [2.75, 3.05) is 6.61 Å². The highest BCUT2D eigenvalue weighted by Crippen LogP contribution is 2.29. The van der Waals surface area contributed by atoms with Crippen LogP contribution in [0.5, 0.6) is 5.75 Å². The average Bonchev–Trinajstić information content (AvgIpc) is 2.75. The van der Waals surface area contributed by atoms with E-state index in [9.17, 15) is 0 Å². The summed E-state index contributed by atoms with van der Waals surface area (Å²) in [5.41, 5.74) is 9.16. The fourth-order valence-electron chi connectivity index (χ4n) is 2.15. The van der Waals surface area contributed by atoms with E-state index in [0.717, 1.165) is 23.4 Å². The Morgan fingerprint density at radius 1 is 1.41 bits per heavy atom. The summed E-state index contributed by atoms with van der Waals surface area (Å²) in [6.07, 6.45) is 2.81.